The molecular formula is C19H21N5O2S. The monoisotopic (exact) mass is 383 g/mol. The molecule has 1 N–H and O–H groups in total. The second-order valence-corrected chi connectivity index (χ2v) is 7.83. The largest absolute Gasteiger partial charge is 0.461 e. The molecule has 1 aliphatic rings. The van der Waals surface area contributed by atoms with Crippen molar-refractivity contribution < 1.29 is 9.15 Å². The fourth-order valence-electron chi connectivity index (χ4n) is 3.67. The molecule has 7 nitrogen and oxygen atoms in total. The molecule has 1 aliphatic carbocycles. The molecule has 4 aromatic heterocycles. The molecule has 0 bridgehead atoms. The van der Waals surface area contributed by atoms with E-state index in [0.29, 0.717) is 18.2 Å². The van der Waals surface area contributed by atoms with Gasteiger partial charge in [-0.15, -0.1) is 16.4 Å². The topological polar surface area (TPSA) is 77.5 Å². The zero-order valence-electron chi connectivity index (χ0n) is 15.2. The molecule has 0 amide bonds. The first-order valence-corrected chi connectivity index (χ1v) is 10.1. The third-order valence-corrected chi connectivity index (χ3v) is 6.13. The fourth-order valence-corrected chi connectivity index (χ4v) is 4.92. The summed E-state index contributed by atoms with van der Waals surface area (Å²) in [6.07, 6.45) is 7.25. The van der Waals surface area contributed by atoms with Crippen LogP contribution in [0.4, 0.5) is 5.95 Å². The van der Waals surface area contributed by atoms with Gasteiger partial charge >= 0.3 is 0 Å². The smallest absolute Gasteiger partial charge is 0.227 e. The number of aromatic nitrogens is 4. The van der Waals surface area contributed by atoms with Crippen LogP contribution in [0, 0.1) is 0 Å². The van der Waals surface area contributed by atoms with E-state index in [-0.39, 0.29) is 0 Å². The maximum absolute atomic E-state index is 5.52. The van der Waals surface area contributed by atoms with Crippen molar-refractivity contribution in [3.05, 3.63) is 28.8 Å². The van der Waals surface area contributed by atoms with Crippen molar-refractivity contribution in [2.45, 2.75) is 32.1 Å². The van der Waals surface area contributed by atoms with E-state index in [9.17, 15) is 0 Å². The molecule has 4 heterocycles. The van der Waals surface area contributed by atoms with Gasteiger partial charge in [0.25, 0.3) is 0 Å². The molecule has 0 spiro atoms. The number of nitrogens with one attached hydrogen (secondary N) is 1. The van der Waals surface area contributed by atoms with E-state index in [0.717, 1.165) is 47.6 Å². The quantitative estimate of drug-likeness (QED) is 0.509. The van der Waals surface area contributed by atoms with Crippen LogP contribution in [0.5, 0.6) is 0 Å². The molecule has 0 saturated heterocycles. The molecule has 0 radical (unpaired) electrons. The molecule has 5 rings (SSSR count). The van der Waals surface area contributed by atoms with Crippen molar-refractivity contribution in [2.24, 2.45) is 0 Å². The van der Waals surface area contributed by atoms with E-state index in [1.54, 1.807) is 24.7 Å². The van der Waals surface area contributed by atoms with Crippen LogP contribution >= 0.6 is 11.3 Å². The van der Waals surface area contributed by atoms with E-state index in [2.05, 4.69) is 5.32 Å². The van der Waals surface area contributed by atoms with Gasteiger partial charge in [-0.05, 0) is 49.8 Å². The van der Waals surface area contributed by atoms with Crippen LogP contribution in [0.3, 0.4) is 0 Å². The standard InChI is InChI=1S/C19H21N5O2S/c1-25-10-5-9-20-19-22-18-15(12-6-2-3-8-14(12)27-18)17-21-16(23-24(17)19)13-7-4-11-26-13/h4,7,11H,2-3,5-6,8-10H2,1H3,(H,20,22). The van der Waals surface area contributed by atoms with E-state index < -0.39 is 0 Å². The average Bonchev–Trinajstić information content (AvgIpc) is 3.41. The molecule has 0 fully saturated rings. The van der Waals surface area contributed by atoms with E-state index >= 15 is 0 Å². The van der Waals surface area contributed by atoms with Gasteiger partial charge in [0.1, 0.15) is 4.83 Å². The number of thiophene rings is 1. The maximum Gasteiger partial charge on any atom is 0.227 e. The molecule has 0 aliphatic heterocycles. The highest BCUT2D eigenvalue weighted by molar-refractivity contribution is 7.19. The Bertz CT molecular complexity index is 1080. The predicted octanol–water partition coefficient (Wildman–Crippen LogP) is 3.93. The Kier molecular flexibility index (Phi) is 4.29. The molecule has 0 unspecified atom stereocenters. The lowest BCUT2D eigenvalue weighted by Crippen LogP contribution is -2.10. The van der Waals surface area contributed by atoms with Gasteiger partial charge in [0.05, 0.1) is 11.6 Å². The number of rotatable bonds is 6. The number of methoxy groups -OCH3 is 1. The summed E-state index contributed by atoms with van der Waals surface area (Å²) >= 11 is 1.80. The Labute approximate surface area is 160 Å². The summed E-state index contributed by atoms with van der Waals surface area (Å²) in [5, 5.41) is 9.25. The van der Waals surface area contributed by atoms with Crippen LogP contribution in [0.1, 0.15) is 29.7 Å². The number of hydrogen-bond donors (Lipinski definition) is 1. The van der Waals surface area contributed by atoms with Gasteiger partial charge in [-0.3, -0.25) is 0 Å². The van der Waals surface area contributed by atoms with Crippen LogP contribution in [0.15, 0.2) is 22.8 Å². The first-order valence-electron chi connectivity index (χ1n) is 9.33. The summed E-state index contributed by atoms with van der Waals surface area (Å²) in [6.45, 7) is 1.48. The molecule has 0 aromatic carbocycles. The number of fused-ring (bicyclic) bond motifs is 5. The fraction of sp³-hybridized carbons (Fsp3) is 0.421. The molecule has 8 heteroatoms. The summed E-state index contributed by atoms with van der Waals surface area (Å²) in [4.78, 5) is 12.2. The third-order valence-electron chi connectivity index (χ3n) is 4.94. The number of hydrogen-bond acceptors (Lipinski definition) is 7. The summed E-state index contributed by atoms with van der Waals surface area (Å²) in [7, 11) is 1.71. The Morgan fingerprint density at radius 2 is 2.22 bits per heavy atom. The lowest BCUT2D eigenvalue weighted by Gasteiger charge is -2.11. The van der Waals surface area contributed by atoms with Crippen LogP contribution in [0.25, 0.3) is 27.4 Å². The van der Waals surface area contributed by atoms with E-state index in [1.165, 1.54) is 23.3 Å². The van der Waals surface area contributed by atoms with Crippen molar-refractivity contribution in [1.82, 2.24) is 19.6 Å². The average molecular weight is 383 g/mol. The Balaban J connectivity index is 1.68. The minimum atomic E-state index is 0.588. The maximum atomic E-state index is 5.52. The molecule has 0 atom stereocenters. The normalized spacial score (nSPS) is 14.1. The highest BCUT2D eigenvalue weighted by Gasteiger charge is 2.23. The highest BCUT2D eigenvalue weighted by atomic mass is 32.1. The minimum Gasteiger partial charge on any atom is -0.461 e. The first-order chi connectivity index (χ1) is 13.3. The number of ether oxygens (including phenoxy) is 1. The second kappa shape index (κ2) is 6.94. The van der Waals surface area contributed by atoms with Crippen molar-refractivity contribution in [1.29, 1.82) is 0 Å². The summed E-state index contributed by atoms with van der Waals surface area (Å²) in [6, 6.07) is 3.74. The van der Waals surface area contributed by atoms with Crippen molar-refractivity contribution >= 4 is 33.1 Å². The van der Waals surface area contributed by atoms with Gasteiger partial charge in [0, 0.05) is 25.1 Å². The lowest BCUT2D eigenvalue weighted by molar-refractivity contribution is 0.197. The molecule has 27 heavy (non-hydrogen) atoms. The summed E-state index contributed by atoms with van der Waals surface area (Å²) < 4.78 is 12.5. The van der Waals surface area contributed by atoms with Gasteiger partial charge in [-0.25, -0.2) is 9.97 Å². The van der Waals surface area contributed by atoms with E-state index in [1.807, 2.05) is 16.6 Å². The second-order valence-electron chi connectivity index (χ2n) is 6.75. The third kappa shape index (κ3) is 2.89. The van der Waals surface area contributed by atoms with Crippen LogP contribution in [0.2, 0.25) is 0 Å². The van der Waals surface area contributed by atoms with Crippen LogP contribution in [-0.4, -0.2) is 39.8 Å². The minimum absolute atomic E-state index is 0.588. The summed E-state index contributed by atoms with van der Waals surface area (Å²) in [5.74, 6) is 1.98. The van der Waals surface area contributed by atoms with Crippen molar-refractivity contribution in [3.8, 4) is 11.6 Å². The van der Waals surface area contributed by atoms with Crippen molar-refractivity contribution in [2.75, 3.05) is 25.6 Å². The Hall–Kier alpha value is -2.45. The Morgan fingerprint density at radius 1 is 1.30 bits per heavy atom. The number of furan rings is 1. The number of aryl methyl sites for hydroxylation is 2. The summed E-state index contributed by atoms with van der Waals surface area (Å²) in [5.41, 5.74) is 2.27. The van der Waals surface area contributed by atoms with Gasteiger partial charge in [-0.1, -0.05) is 0 Å². The Morgan fingerprint density at radius 3 is 3.07 bits per heavy atom. The zero-order valence-corrected chi connectivity index (χ0v) is 16.0. The number of nitrogens with zero attached hydrogens (tertiary/aromatic N) is 4. The van der Waals surface area contributed by atoms with Gasteiger partial charge in [-0.2, -0.15) is 4.52 Å². The van der Waals surface area contributed by atoms with Gasteiger partial charge in [0.15, 0.2) is 11.4 Å². The van der Waals surface area contributed by atoms with Crippen LogP contribution < -0.4 is 5.32 Å². The van der Waals surface area contributed by atoms with Gasteiger partial charge in [0.2, 0.25) is 11.8 Å². The highest BCUT2D eigenvalue weighted by Crippen LogP contribution is 2.38. The SMILES string of the molecule is COCCCNc1nc2sc3c(c2c2nc(-c4ccco4)nn12)CCCC3. The molecule has 4 aromatic rings. The number of anilines is 1. The van der Waals surface area contributed by atoms with Crippen LogP contribution in [-0.2, 0) is 17.6 Å². The van der Waals surface area contributed by atoms with E-state index in [4.69, 9.17) is 24.2 Å². The zero-order chi connectivity index (χ0) is 18.2. The predicted molar refractivity (Wildman–Crippen MR) is 105 cm³/mol. The molecule has 0 saturated carbocycles. The molecule has 140 valence electrons. The lowest BCUT2D eigenvalue weighted by atomic mass is 9.97. The van der Waals surface area contributed by atoms with Gasteiger partial charge < -0.3 is 14.5 Å². The molecular weight excluding hydrogens is 362 g/mol. The van der Waals surface area contributed by atoms with Crippen molar-refractivity contribution in [3.63, 3.8) is 0 Å². The first kappa shape index (κ1) is 16.7.